The van der Waals surface area contributed by atoms with Gasteiger partial charge in [-0.15, -0.1) is 6.58 Å². The van der Waals surface area contributed by atoms with Crippen LogP contribution in [0.2, 0.25) is 0 Å². The third kappa shape index (κ3) is 7.91. The number of hydrogen-bond acceptors (Lipinski definition) is 2. The largest absolute Gasteiger partial charge is 0.497 e. The summed E-state index contributed by atoms with van der Waals surface area (Å²) in [6, 6.07) is 9.00. The fourth-order valence-electron chi connectivity index (χ4n) is 2.56. The van der Waals surface area contributed by atoms with Gasteiger partial charge in [-0.25, -0.2) is 0 Å². The van der Waals surface area contributed by atoms with Crippen molar-refractivity contribution in [2.24, 2.45) is 0 Å². The van der Waals surface area contributed by atoms with E-state index >= 15 is 0 Å². The van der Waals surface area contributed by atoms with Crippen molar-refractivity contribution in [3.05, 3.63) is 42.5 Å². The van der Waals surface area contributed by atoms with Gasteiger partial charge >= 0.3 is 0 Å². The second-order valence-electron chi connectivity index (χ2n) is 5.63. The fraction of sp³-hybridized carbons (Fsp3) is 0.579. The van der Waals surface area contributed by atoms with Crippen LogP contribution in [0.1, 0.15) is 51.0 Å². The molecule has 118 valence electrons. The summed E-state index contributed by atoms with van der Waals surface area (Å²) in [7, 11) is 1.73. The maximum atomic E-state index is 5.31. The van der Waals surface area contributed by atoms with E-state index in [4.69, 9.17) is 4.74 Å². The van der Waals surface area contributed by atoms with Crippen molar-refractivity contribution in [2.75, 3.05) is 13.7 Å². The van der Waals surface area contributed by atoms with Crippen molar-refractivity contribution < 1.29 is 4.74 Å². The first-order valence-electron chi connectivity index (χ1n) is 8.27. The zero-order valence-corrected chi connectivity index (χ0v) is 13.7. The molecule has 1 atom stereocenters. The topological polar surface area (TPSA) is 21.3 Å². The van der Waals surface area contributed by atoms with E-state index in [1.54, 1.807) is 7.11 Å². The molecule has 0 bridgehead atoms. The first-order chi connectivity index (χ1) is 10.3. The quantitative estimate of drug-likeness (QED) is 0.443. The molecule has 0 heterocycles. The zero-order valence-electron chi connectivity index (χ0n) is 13.7. The van der Waals surface area contributed by atoms with Crippen molar-refractivity contribution >= 4 is 0 Å². The third-order valence-electron chi connectivity index (χ3n) is 3.76. The highest BCUT2D eigenvalue weighted by atomic mass is 16.5. The van der Waals surface area contributed by atoms with E-state index in [9.17, 15) is 0 Å². The Labute approximate surface area is 130 Å². The molecule has 0 aromatic heterocycles. The molecule has 2 heteroatoms. The summed E-state index contributed by atoms with van der Waals surface area (Å²) >= 11 is 0. The highest BCUT2D eigenvalue weighted by molar-refractivity contribution is 5.28. The van der Waals surface area contributed by atoms with E-state index in [-0.39, 0.29) is 0 Å². The van der Waals surface area contributed by atoms with E-state index in [0.29, 0.717) is 6.04 Å². The first kappa shape index (κ1) is 17.8. The van der Waals surface area contributed by atoms with Gasteiger partial charge in [-0.05, 0) is 56.3 Å². The number of hydrogen-bond donors (Lipinski definition) is 1. The molecule has 0 spiro atoms. The molecular formula is C19H31NO. The average molecular weight is 289 g/mol. The van der Waals surface area contributed by atoms with Crippen LogP contribution in [0.4, 0.5) is 0 Å². The van der Waals surface area contributed by atoms with Crippen LogP contribution in [0.15, 0.2) is 36.9 Å². The lowest BCUT2D eigenvalue weighted by Gasteiger charge is -2.19. The summed E-state index contributed by atoms with van der Waals surface area (Å²) in [6.07, 6.45) is 10.5. The van der Waals surface area contributed by atoms with Gasteiger partial charge in [0.25, 0.3) is 0 Å². The van der Waals surface area contributed by atoms with Gasteiger partial charge in [0.2, 0.25) is 0 Å². The van der Waals surface area contributed by atoms with Crippen LogP contribution in [0.5, 0.6) is 5.75 Å². The molecular weight excluding hydrogens is 258 g/mol. The summed E-state index contributed by atoms with van der Waals surface area (Å²) in [5, 5.41) is 3.69. The number of unbranched alkanes of at least 4 members (excludes halogenated alkanes) is 3. The fourth-order valence-corrected chi connectivity index (χ4v) is 2.56. The van der Waals surface area contributed by atoms with Gasteiger partial charge in [0.05, 0.1) is 7.11 Å². The molecule has 1 rings (SSSR count). The van der Waals surface area contributed by atoms with Gasteiger partial charge in [0.15, 0.2) is 0 Å². The summed E-state index contributed by atoms with van der Waals surface area (Å²) < 4.78 is 5.31. The molecule has 0 aliphatic carbocycles. The number of methoxy groups -OCH3 is 1. The summed E-state index contributed by atoms with van der Waals surface area (Å²) in [5.41, 5.74) is 1.36. The Balaban J connectivity index is 2.45. The minimum absolute atomic E-state index is 0.570. The summed E-state index contributed by atoms with van der Waals surface area (Å²) in [6.45, 7) is 7.10. The SMILES string of the molecule is C=CCCCCCC(Cc1cccc(OC)c1)NCCC. The predicted molar refractivity (Wildman–Crippen MR) is 92.1 cm³/mol. The van der Waals surface area contributed by atoms with Gasteiger partial charge in [0.1, 0.15) is 5.75 Å². The van der Waals surface area contributed by atoms with E-state index in [0.717, 1.165) is 25.1 Å². The van der Waals surface area contributed by atoms with E-state index in [1.807, 2.05) is 12.1 Å². The normalized spacial score (nSPS) is 12.1. The monoisotopic (exact) mass is 289 g/mol. The molecule has 0 aliphatic rings. The summed E-state index contributed by atoms with van der Waals surface area (Å²) in [4.78, 5) is 0. The van der Waals surface area contributed by atoms with Crippen molar-refractivity contribution in [3.8, 4) is 5.75 Å². The number of ether oxygens (including phenoxy) is 1. The molecule has 2 nitrogen and oxygen atoms in total. The lowest BCUT2D eigenvalue weighted by atomic mass is 9.99. The number of nitrogens with one attached hydrogen (secondary N) is 1. The third-order valence-corrected chi connectivity index (χ3v) is 3.76. The molecule has 0 saturated heterocycles. The average Bonchev–Trinajstić information content (AvgIpc) is 2.52. The zero-order chi connectivity index (χ0) is 15.3. The van der Waals surface area contributed by atoms with Gasteiger partial charge in [-0.2, -0.15) is 0 Å². The van der Waals surface area contributed by atoms with E-state index in [1.165, 1.54) is 37.7 Å². The Morgan fingerprint density at radius 2 is 2.14 bits per heavy atom. The van der Waals surface area contributed by atoms with Crippen LogP contribution < -0.4 is 10.1 Å². The number of rotatable bonds is 12. The maximum absolute atomic E-state index is 5.31. The van der Waals surface area contributed by atoms with Crippen molar-refractivity contribution in [1.82, 2.24) is 5.32 Å². The minimum atomic E-state index is 0.570. The first-order valence-corrected chi connectivity index (χ1v) is 8.27. The Morgan fingerprint density at radius 1 is 1.29 bits per heavy atom. The standard InChI is InChI=1S/C19H31NO/c1-4-6-7-8-9-12-18(20-14-5-2)15-17-11-10-13-19(16-17)21-3/h4,10-11,13,16,18,20H,1,5-9,12,14-15H2,2-3H3. The molecule has 0 aliphatic heterocycles. The molecule has 1 aromatic carbocycles. The molecule has 1 unspecified atom stereocenters. The van der Waals surface area contributed by atoms with Crippen LogP contribution in [0, 0.1) is 0 Å². The van der Waals surface area contributed by atoms with E-state index in [2.05, 4.69) is 37.0 Å². The molecule has 0 fully saturated rings. The highest BCUT2D eigenvalue weighted by Gasteiger charge is 2.09. The van der Waals surface area contributed by atoms with Crippen LogP contribution in [-0.2, 0) is 6.42 Å². The molecule has 1 N–H and O–H groups in total. The lowest BCUT2D eigenvalue weighted by molar-refractivity contribution is 0.413. The van der Waals surface area contributed by atoms with Gasteiger partial charge < -0.3 is 10.1 Å². The number of allylic oxidation sites excluding steroid dienone is 1. The van der Waals surface area contributed by atoms with Gasteiger partial charge in [-0.1, -0.05) is 38.0 Å². The van der Waals surface area contributed by atoms with Crippen LogP contribution in [0.25, 0.3) is 0 Å². The Hall–Kier alpha value is -1.28. The molecule has 1 aromatic rings. The highest BCUT2D eigenvalue weighted by Crippen LogP contribution is 2.16. The Kier molecular flexibility index (Phi) is 9.64. The Bertz CT molecular complexity index is 389. The Morgan fingerprint density at radius 3 is 2.86 bits per heavy atom. The predicted octanol–water partition coefficient (Wildman–Crippen LogP) is 4.74. The maximum Gasteiger partial charge on any atom is 0.119 e. The molecule has 0 amide bonds. The molecule has 0 saturated carbocycles. The van der Waals surface area contributed by atoms with Crippen LogP contribution in [-0.4, -0.2) is 19.7 Å². The summed E-state index contributed by atoms with van der Waals surface area (Å²) in [5.74, 6) is 0.952. The molecule has 21 heavy (non-hydrogen) atoms. The molecule has 0 radical (unpaired) electrons. The van der Waals surface area contributed by atoms with E-state index < -0.39 is 0 Å². The smallest absolute Gasteiger partial charge is 0.119 e. The second kappa shape index (κ2) is 11.4. The van der Waals surface area contributed by atoms with Crippen LogP contribution in [0.3, 0.4) is 0 Å². The van der Waals surface area contributed by atoms with Crippen molar-refractivity contribution in [3.63, 3.8) is 0 Å². The second-order valence-corrected chi connectivity index (χ2v) is 5.63. The van der Waals surface area contributed by atoms with Gasteiger partial charge in [0, 0.05) is 6.04 Å². The minimum Gasteiger partial charge on any atom is -0.497 e. The lowest BCUT2D eigenvalue weighted by Crippen LogP contribution is -2.31. The number of benzene rings is 1. The van der Waals surface area contributed by atoms with Crippen molar-refractivity contribution in [1.29, 1.82) is 0 Å². The van der Waals surface area contributed by atoms with Crippen LogP contribution >= 0.6 is 0 Å². The van der Waals surface area contributed by atoms with Gasteiger partial charge in [-0.3, -0.25) is 0 Å². The van der Waals surface area contributed by atoms with Crippen molar-refractivity contribution in [2.45, 2.75) is 57.9 Å².